The molecule has 2 aromatic rings. The summed E-state index contributed by atoms with van der Waals surface area (Å²) in [5, 5.41) is 0.144. The number of unbranched alkanes of at least 4 members (excludes halogenated alkanes) is 2. The summed E-state index contributed by atoms with van der Waals surface area (Å²) >= 11 is 0. The van der Waals surface area contributed by atoms with E-state index in [9.17, 15) is 9.59 Å². The number of carbonyl (C=O) groups is 2. The first-order chi connectivity index (χ1) is 28.5. The lowest BCUT2D eigenvalue weighted by Crippen LogP contribution is -2.46. The summed E-state index contributed by atoms with van der Waals surface area (Å²) in [7, 11) is -0.880. The van der Waals surface area contributed by atoms with Crippen LogP contribution in [0.2, 0.25) is 36.3 Å². The highest BCUT2D eigenvalue weighted by atomic mass is 28.4. The molecule has 0 spiro atoms. The molecule has 0 aromatic heterocycles. The molecule has 2 atom stereocenters. The standard InChI is InChI=1S/C47H76N4O8Si2/c1-15-32-22-34(30-58-60(11,12)46(3,4)5)50(28-32)44(52)36-24-40(54-9)42(26-38(36)48)56-20-18-17-19-21-57-43-27-39(49)37(25-41(43)55-10)45(53)51-29-33(16-2)23-35(51)31-59-61(13,14)47(6,7)8/h15-16,24-27,34-35H,17-23,28-31,48-49H2,1-14H3/b32-15+,33-16+/t34-,35-/m0/s1. The second kappa shape index (κ2) is 20.5. The number of methoxy groups -OCH3 is 2. The van der Waals surface area contributed by atoms with Crippen LogP contribution in [0.1, 0.15) is 108 Å². The van der Waals surface area contributed by atoms with Gasteiger partial charge in [0.1, 0.15) is 0 Å². The van der Waals surface area contributed by atoms with E-state index >= 15 is 0 Å². The molecule has 0 unspecified atom stereocenters. The Bertz CT molecular complexity index is 1780. The van der Waals surface area contributed by atoms with E-state index in [2.05, 4.69) is 79.9 Å². The van der Waals surface area contributed by atoms with Gasteiger partial charge in [0.25, 0.3) is 11.8 Å². The topological polar surface area (TPSA) is 148 Å². The first kappa shape index (κ1) is 49.7. The molecule has 61 heavy (non-hydrogen) atoms. The SMILES string of the molecule is C/C=C1\C[C@@H](CO[Si](C)(C)C(C)(C)C)N(C(=O)c2cc(OC)c(OCCCCCOc3cc(N)c(C(=O)N4C/C(=C/C)C[C@H]4CO[Si](C)(C)C(C)(C)C)cc3OC)cc2N)C1. The van der Waals surface area contributed by atoms with E-state index in [-0.39, 0.29) is 34.0 Å². The molecule has 2 fully saturated rings. The maximum absolute atomic E-state index is 14.0. The zero-order chi connectivity index (χ0) is 45.5. The van der Waals surface area contributed by atoms with Crippen molar-refractivity contribution in [2.75, 3.05) is 65.2 Å². The van der Waals surface area contributed by atoms with E-state index in [0.717, 1.165) is 32.1 Å². The third kappa shape index (κ3) is 12.1. The molecule has 0 radical (unpaired) electrons. The molecule has 2 aliphatic rings. The number of nitrogens with zero attached hydrogens (tertiary/aromatic N) is 2. The predicted molar refractivity (Wildman–Crippen MR) is 252 cm³/mol. The number of benzene rings is 2. The smallest absolute Gasteiger partial charge is 0.256 e. The summed E-state index contributed by atoms with van der Waals surface area (Å²) < 4.78 is 36.7. The van der Waals surface area contributed by atoms with Gasteiger partial charge in [-0.15, -0.1) is 0 Å². The largest absolute Gasteiger partial charge is 0.493 e. The average molecular weight is 881 g/mol. The molecule has 2 heterocycles. The van der Waals surface area contributed by atoms with Crippen LogP contribution in [0, 0.1) is 0 Å². The van der Waals surface area contributed by atoms with Crippen molar-refractivity contribution < 1.29 is 37.4 Å². The molecule has 2 amide bonds. The third-order valence-corrected chi connectivity index (χ3v) is 22.3. The van der Waals surface area contributed by atoms with Crippen molar-refractivity contribution in [1.82, 2.24) is 9.80 Å². The molecule has 2 saturated heterocycles. The summed E-state index contributed by atoms with van der Waals surface area (Å²) in [5.41, 5.74) is 16.9. The number of amides is 2. The molecule has 12 nitrogen and oxygen atoms in total. The van der Waals surface area contributed by atoms with Gasteiger partial charge in [0.05, 0.1) is 63.9 Å². The lowest BCUT2D eigenvalue weighted by molar-refractivity contribution is 0.0680. The number of rotatable bonds is 18. The van der Waals surface area contributed by atoms with Gasteiger partial charge in [-0.25, -0.2) is 0 Å². The fourth-order valence-corrected chi connectivity index (χ4v) is 9.09. The van der Waals surface area contributed by atoms with Crippen LogP contribution in [0.15, 0.2) is 47.6 Å². The highest BCUT2D eigenvalue weighted by Gasteiger charge is 2.42. The summed E-state index contributed by atoms with van der Waals surface area (Å²) in [5.74, 6) is 1.59. The maximum Gasteiger partial charge on any atom is 0.256 e. The third-order valence-electron chi connectivity index (χ3n) is 13.3. The van der Waals surface area contributed by atoms with Gasteiger partial charge in [-0.2, -0.15) is 0 Å². The zero-order valence-corrected chi connectivity index (χ0v) is 41.7. The predicted octanol–water partition coefficient (Wildman–Crippen LogP) is 9.86. The van der Waals surface area contributed by atoms with Gasteiger partial charge in [0.15, 0.2) is 39.6 Å². The molecule has 2 aliphatic heterocycles. The monoisotopic (exact) mass is 881 g/mol. The average Bonchev–Trinajstić information content (AvgIpc) is 3.82. The minimum Gasteiger partial charge on any atom is -0.493 e. The first-order valence-electron chi connectivity index (χ1n) is 21.9. The number of carbonyl (C=O) groups excluding carboxylic acids is 2. The second-order valence-corrected chi connectivity index (χ2v) is 29.2. The molecule has 4 rings (SSSR count). The van der Waals surface area contributed by atoms with E-state index in [1.807, 2.05) is 23.6 Å². The van der Waals surface area contributed by atoms with Gasteiger partial charge in [0, 0.05) is 36.6 Å². The van der Waals surface area contributed by atoms with E-state index < -0.39 is 16.6 Å². The summed E-state index contributed by atoms with van der Waals surface area (Å²) in [6, 6.07) is 6.59. The van der Waals surface area contributed by atoms with Crippen molar-refractivity contribution in [3.05, 3.63) is 58.7 Å². The van der Waals surface area contributed by atoms with Gasteiger partial charge < -0.3 is 49.1 Å². The molecule has 0 saturated carbocycles. The van der Waals surface area contributed by atoms with E-state index in [1.165, 1.54) is 11.1 Å². The van der Waals surface area contributed by atoms with Crippen molar-refractivity contribution in [3.63, 3.8) is 0 Å². The van der Waals surface area contributed by atoms with Crippen molar-refractivity contribution in [3.8, 4) is 23.0 Å². The van der Waals surface area contributed by atoms with E-state index in [4.69, 9.17) is 39.3 Å². The molecule has 0 bridgehead atoms. The van der Waals surface area contributed by atoms with Crippen molar-refractivity contribution in [2.24, 2.45) is 0 Å². The number of ether oxygens (including phenoxy) is 4. The van der Waals surface area contributed by atoms with Crippen molar-refractivity contribution in [2.45, 2.75) is 136 Å². The van der Waals surface area contributed by atoms with E-state index in [1.54, 1.807) is 38.5 Å². The lowest BCUT2D eigenvalue weighted by Gasteiger charge is -2.38. The Morgan fingerprint density at radius 3 is 1.31 bits per heavy atom. The van der Waals surface area contributed by atoms with Crippen LogP contribution in [0.25, 0.3) is 0 Å². The Morgan fingerprint density at radius 2 is 1.00 bits per heavy atom. The highest BCUT2D eigenvalue weighted by Crippen LogP contribution is 2.40. The minimum atomic E-state index is -2.00. The normalized spacial score (nSPS) is 18.9. The van der Waals surface area contributed by atoms with Crippen LogP contribution < -0.4 is 30.4 Å². The number of allylic oxidation sites excluding steroid dienone is 2. The van der Waals surface area contributed by atoms with Crippen LogP contribution in [0.5, 0.6) is 23.0 Å². The highest BCUT2D eigenvalue weighted by molar-refractivity contribution is 6.74. The Labute approximate surface area is 368 Å². The Morgan fingerprint density at radius 1 is 0.639 bits per heavy atom. The fourth-order valence-electron chi connectivity index (χ4n) is 7.00. The first-order valence-corrected chi connectivity index (χ1v) is 27.7. The Balaban J connectivity index is 1.31. The van der Waals surface area contributed by atoms with Gasteiger partial charge in [-0.3, -0.25) is 9.59 Å². The summed E-state index contributed by atoms with van der Waals surface area (Å²) in [6.07, 6.45) is 8.06. The second-order valence-electron chi connectivity index (χ2n) is 19.6. The fraction of sp³-hybridized carbons (Fsp3) is 0.617. The number of likely N-dealkylation sites (tertiary alicyclic amines) is 2. The van der Waals surface area contributed by atoms with E-state index in [0.29, 0.717) is 85.0 Å². The number of nitrogens with two attached hydrogens (primary N) is 2. The number of nitrogen functional groups attached to an aromatic ring is 2. The molecule has 340 valence electrons. The zero-order valence-electron chi connectivity index (χ0n) is 39.7. The van der Waals surface area contributed by atoms with Crippen LogP contribution in [-0.4, -0.2) is 104 Å². The molecular weight excluding hydrogens is 805 g/mol. The molecule has 2 aromatic carbocycles. The van der Waals surface area contributed by atoms with Gasteiger partial charge in [-0.05, 0) is 94.3 Å². The molecule has 0 aliphatic carbocycles. The van der Waals surface area contributed by atoms with Crippen molar-refractivity contribution in [1.29, 1.82) is 0 Å². The number of anilines is 2. The minimum absolute atomic E-state index is 0.0709. The van der Waals surface area contributed by atoms with Gasteiger partial charge in [0.2, 0.25) is 0 Å². The molecule has 4 N–H and O–H groups in total. The van der Waals surface area contributed by atoms with Crippen LogP contribution in [-0.2, 0) is 8.85 Å². The molecular formula is C47H76N4O8Si2. The van der Waals surface area contributed by atoms with Crippen LogP contribution >= 0.6 is 0 Å². The summed E-state index contributed by atoms with van der Waals surface area (Å²) in [4.78, 5) is 31.8. The van der Waals surface area contributed by atoms with Crippen LogP contribution in [0.3, 0.4) is 0 Å². The van der Waals surface area contributed by atoms with Crippen molar-refractivity contribution >= 4 is 39.8 Å². The number of hydrogen-bond acceptors (Lipinski definition) is 10. The van der Waals surface area contributed by atoms with Gasteiger partial charge >= 0.3 is 0 Å². The van der Waals surface area contributed by atoms with Gasteiger partial charge in [-0.1, -0.05) is 64.8 Å². The lowest BCUT2D eigenvalue weighted by atomic mass is 10.1. The Kier molecular flexibility index (Phi) is 16.7. The molecule has 14 heteroatoms. The Hall–Kier alpha value is -3.99. The quantitative estimate of drug-likeness (QED) is 0.0642. The summed E-state index contributed by atoms with van der Waals surface area (Å²) in [6.45, 7) is 29.2. The maximum atomic E-state index is 14.0. The number of hydrogen-bond donors (Lipinski definition) is 2. The van der Waals surface area contributed by atoms with Crippen LogP contribution in [0.4, 0.5) is 11.4 Å².